The molecule has 4 heteroatoms. The van der Waals surface area contributed by atoms with Crippen LogP contribution in [0.3, 0.4) is 0 Å². The maximum Gasteiger partial charge on any atom is 0.139 e. The second kappa shape index (κ2) is 5.53. The normalized spacial score (nSPS) is 21.7. The topological polar surface area (TPSA) is 61.8 Å². The van der Waals surface area contributed by atoms with Crippen molar-refractivity contribution in [2.24, 2.45) is 22.7 Å². The predicted octanol–water partition coefficient (Wildman–Crippen LogP) is 1.63. The van der Waals surface area contributed by atoms with Gasteiger partial charge in [-0.1, -0.05) is 5.16 Å². The van der Waals surface area contributed by atoms with E-state index >= 15 is 0 Å². The summed E-state index contributed by atoms with van der Waals surface area (Å²) in [5, 5.41) is 11.5. The largest absolute Gasteiger partial charge is 0.409 e. The van der Waals surface area contributed by atoms with Crippen molar-refractivity contribution in [3.05, 3.63) is 0 Å². The third-order valence-electron chi connectivity index (χ3n) is 3.46. The molecule has 2 aliphatic carbocycles. The zero-order valence-electron chi connectivity index (χ0n) is 9.94. The van der Waals surface area contributed by atoms with Crippen molar-refractivity contribution in [1.82, 2.24) is 4.90 Å². The van der Waals surface area contributed by atoms with Crippen LogP contribution in [0.15, 0.2) is 5.16 Å². The van der Waals surface area contributed by atoms with Crippen molar-refractivity contribution >= 4 is 5.84 Å². The van der Waals surface area contributed by atoms with Crippen LogP contribution < -0.4 is 5.73 Å². The monoisotopic (exact) mass is 225 g/mol. The second-order valence-corrected chi connectivity index (χ2v) is 5.34. The Labute approximate surface area is 97.5 Å². The Morgan fingerprint density at radius 3 is 2.19 bits per heavy atom. The molecule has 0 bridgehead atoms. The summed E-state index contributed by atoms with van der Waals surface area (Å²) in [5.41, 5.74) is 5.47. The van der Waals surface area contributed by atoms with Gasteiger partial charge in [-0.05, 0) is 50.5 Å². The molecular weight excluding hydrogens is 202 g/mol. The molecule has 0 atom stereocenters. The van der Waals surface area contributed by atoms with Gasteiger partial charge >= 0.3 is 0 Å². The number of nitrogens with two attached hydrogens (primary N) is 1. The van der Waals surface area contributed by atoms with Gasteiger partial charge in [-0.25, -0.2) is 0 Å². The van der Waals surface area contributed by atoms with E-state index in [0.29, 0.717) is 12.3 Å². The summed E-state index contributed by atoms with van der Waals surface area (Å²) in [7, 11) is 0. The molecule has 0 amide bonds. The molecule has 0 unspecified atom stereocenters. The van der Waals surface area contributed by atoms with Gasteiger partial charge < -0.3 is 15.8 Å². The van der Waals surface area contributed by atoms with E-state index < -0.39 is 0 Å². The van der Waals surface area contributed by atoms with Gasteiger partial charge in [-0.15, -0.1) is 0 Å². The molecule has 2 saturated carbocycles. The molecule has 0 saturated heterocycles. The van der Waals surface area contributed by atoms with Crippen molar-refractivity contribution in [2.75, 3.05) is 19.6 Å². The molecule has 0 spiro atoms. The van der Waals surface area contributed by atoms with Gasteiger partial charge in [-0.2, -0.15) is 0 Å². The lowest BCUT2D eigenvalue weighted by Gasteiger charge is -2.21. The van der Waals surface area contributed by atoms with E-state index in [-0.39, 0.29) is 0 Å². The van der Waals surface area contributed by atoms with Gasteiger partial charge in [0, 0.05) is 19.5 Å². The van der Waals surface area contributed by atoms with Crippen LogP contribution >= 0.6 is 0 Å². The third-order valence-corrected chi connectivity index (χ3v) is 3.46. The van der Waals surface area contributed by atoms with Crippen molar-refractivity contribution in [2.45, 2.75) is 38.5 Å². The highest BCUT2D eigenvalue weighted by Gasteiger charge is 2.28. The number of hydrogen-bond donors (Lipinski definition) is 2. The highest BCUT2D eigenvalue weighted by molar-refractivity contribution is 5.79. The Bertz CT molecular complexity index is 233. The summed E-state index contributed by atoms with van der Waals surface area (Å²) in [5.74, 6) is 2.28. The average Bonchev–Trinajstić information content (AvgIpc) is 3.12. The van der Waals surface area contributed by atoms with E-state index in [2.05, 4.69) is 10.1 Å². The first kappa shape index (κ1) is 11.7. The van der Waals surface area contributed by atoms with E-state index in [1.807, 2.05) is 0 Å². The summed E-state index contributed by atoms with van der Waals surface area (Å²) in [6.45, 7) is 3.64. The Balaban J connectivity index is 1.63. The van der Waals surface area contributed by atoms with Gasteiger partial charge in [0.2, 0.25) is 0 Å². The molecule has 0 heterocycles. The number of nitrogens with zero attached hydrogens (tertiary/aromatic N) is 2. The summed E-state index contributed by atoms with van der Waals surface area (Å²) in [6, 6.07) is 0. The van der Waals surface area contributed by atoms with Gasteiger partial charge in [0.25, 0.3) is 0 Å². The second-order valence-electron chi connectivity index (χ2n) is 5.34. The van der Waals surface area contributed by atoms with Crippen LogP contribution in [0.4, 0.5) is 0 Å². The highest BCUT2D eigenvalue weighted by atomic mass is 16.4. The van der Waals surface area contributed by atoms with Crippen LogP contribution in [-0.2, 0) is 0 Å². The lowest BCUT2D eigenvalue weighted by molar-refractivity contribution is 0.250. The van der Waals surface area contributed by atoms with E-state index in [1.54, 1.807) is 0 Å². The lowest BCUT2D eigenvalue weighted by atomic mass is 10.2. The third kappa shape index (κ3) is 4.39. The summed E-state index contributed by atoms with van der Waals surface area (Å²) in [6.07, 6.45) is 7.39. The van der Waals surface area contributed by atoms with Crippen LogP contribution in [0, 0.1) is 11.8 Å². The molecule has 2 rings (SSSR count). The van der Waals surface area contributed by atoms with Gasteiger partial charge in [0.05, 0.1) is 0 Å². The molecule has 0 aliphatic heterocycles. The first-order valence-electron chi connectivity index (χ1n) is 6.46. The Kier molecular flexibility index (Phi) is 4.04. The quantitative estimate of drug-likeness (QED) is 0.286. The van der Waals surface area contributed by atoms with Crippen LogP contribution in [0.1, 0.15) is 38.5 Å². The van der Waals surface area contributed by atoms with E-state index in [0.717, 1.165) is 24.8 Å². The molecule has 2 fully saturated rings. The summed E-state index contributed by atoms with van der Waals surface area (Å²) < 4.78 is 0. The standard InChI is InChI=1S/C12H23N3O/c13-12(14-16)2-1-7-15(8-10-3-4-10)9-11-5-6-11/h10-11,16H,1-9H2,(H2,13,14). The van der Waals surface area contributed by atoms with Gasteiger partial charge in [-0.3, -0.25) is 0 Å². The zero-order chi connectivity index (χ0) is 11.4. The molecule has 2 aliphatic rings. The van der Waals surface area contributed by atoms with Gasteiger partial charge in [0.15, 0.2) is 0 Å². The number of amidine groups is 1. The van der Waals surface area contributed by atoms with Gasteiger partial charge in [0.1, 0.15) is 5.84 Å². The molecule has 92 valence electrons. The molecule has 16 heavy (non-hydrogen) atoms. The lowest BCUT2D eigenvalue weighted by Crippen LogP contribution is -2.30. The first-order valence-corrected chi connectivity index (χ1v) is 6.46. The number of rotatable bonds is 8. The summed E-state index contributed by atoms with van der Waals surface area (Å²) >= 11 is 0. The Morgan fingerprint density at radius 1 is 1.19 bits per heavy atom. The highest BCUT2D eigenvalue weighted by Crippen LogP contribution is 2.33. The maximum absolute atomic E-state index is 8.46. The number of hydrogen-bond acceptors (Lipinski definition) is 3. The SMILES string of the molecule is NC(CCCN(CC1CC1)CC1CC1)=NO. The van der Waals surface area contributed by atoms with Crippen LogP contribution in [0.25, 0.3) is 0 Å². The fourth-order valence-electron chi connectivity index (χ4n) is 2.12. The smallest absolute Gasteiger partial charge is 0.139 e. The van der Waals surface area contributed by atoms with Crippen molar-refractivity contribution in [1.29, 1.82) is 0 Å². The Morgan fingerprint density at radius 2 is 1.75 bits per heavy atom. The van der Waals surface area contributed by atoms with Crippen molar-refractivity contribution in [3.8, 4) is 0 Å². The molecule has 0 aromatic rings. The number of oxime groups is 1. The molecular formula is C12H23N3O. The molecule has 0 aromatic heterocycles. The molecule has 0 aromatic carbocycles. The molecule has 4 nitrogen and oxygen atoms in total. The van der Waals surface area contributed by atoms with Crippen LogP contribution in [-0.4, -0.2) is 35.6 Å². The fraction of sp³-hybridized carbons (Fsp3) is 0.917. The van der Waals surface area contributed by atoms with Crippen molar-refractivity contribution in [3.63, 3.8) is 0 Å². The van der Waals surface area contributed by atoms with E-state index in [9.17, 15) is 0 Å². The maximum atomic E-state index is 8.46. The minimum absolute atomic E-state index is 0.359. The first-order chi connectivity index (χ1) is 7.78. The zero-order valence-corrected chi connectivity index (χ0v) is 9.94. The fourth-order valence-corrected chi connectivity index (χ4v) is 2.12. The predicted molar refractivity (Wildman–Crippen MR) is 64.5 cm³/mol. The molecule has 3 N–H and O–H groups in total. The van der Waals surface area contributed by atoms with E-state index in [4.69, 9.17) is 10.9 Å². The summed E-state index contributed by atoms with van der Waals surface area (Å²) in [4.78, 5) is 2.58. The van der Waals surface area contributed by atoms with Crippen LogP contribution in [0.5, 0.6) is 0 Å². The molecule has 0 radical (unpaired) electrons. The Hall–Kier alpha value is -0.770. The van der Waals surface area contributed by atoms with Crippen LogP contribution in [0.2, 0.25) is 0 Å². The van der Waals surface area contributed by atoms with E-state index in [1.165, 1.54) is 38.8 Å². The van der Waals surface area contributed by atoms with Crippen molar-refractivity contribution < 1.29 is 5.21 Å². The minimum atomic E-state index is 0.359. The minimum Gasteiger partial charge on any atom is -0.409 e. The average molecular weight is 225 g/mol.